The van der Waals surface area contributed by atoms with Crippen LogP contribution in [0.3, 0.4) is 0 Å². The van der Waals surface area contributed by atoms with Gasteiger partial charge in [-0.2, -0.15) is 0 Å². The van der Waals surface area contributed by atoms with Crippen molar-refractivity contribution >= 4 is 26.7 Å². The molecule has 1 heterocycles. The van der Waals surface area contributed by atoms with Gasteiger partial charge in [0, 0.05) is 11.9 Å². The van der Waals surface area contributed by atoms with Gasteiger partial charge in [-0.05, 0) is 37.1 Å². The molecule has 148 valence electrons. The Morgan fingerprint density at radius 1 is 1.14 bits per heavy atom. The number of ether oxygens (including phenoxy) is 1. The van der Waals surface area contributed by atoms with Crippen molar-refractivity contribution in [2.45, 2.75) is 19.1 Å². The first-order valence-corrected chi connectivity index (χ1v) is 10.8. The Bertz CT molecular complexity index is 1070. The Labute approximate surface area is 164 Å². The summed E-state index contributed by atoms with van der Waals surface area (Å²) >= 11 is 0. The average Bonchev–Trinajstić information content (AvgIpc) is 3.00. The minimum absolute atomic E-state index is 0.00700. The molecule has 0 saturated heterocycles. The normalized spacial score (nSPS) is 11.5. The molecule has 0 aliphatic rings. The molecule has 0 unspecified atom stereocenters. The van der Waals surface area contributed by atoms with Crippen LogP contribution in [0.4, 0.5) is 0 Å². The molecule has 3 aromatic rings. The SMILES string of the molecule is COc1ccc2oc(C)c(C(=O)NCCCS(=O)(=O)Cc3ccccc3)c2c1. The van der Waals surface area contributed by atoms with E-state index in [2.05, 4.69) is 5.32 Å². The lowest BCUT2D eigenvalue weighted by molar-refractivity contribution is 0.0953. The van der Waals surface area contributed by atoms with E-state index in [1.807, 2.05) is 18.2 Å². The van der Waals surface area contributed by atoms with E-state index >= 15 is 0 Å². The number of rotatable bonds is 8. The highest BCUT2D eigenvalue weighted by molar-refractivity contribution is 7.90. The van der Waals surface area contributed by atoms with Crippen LogP contribution in [-0.4, -0.2) is 33.7 Å². The van der Waals surface area contributed by atoms with Gasteiger partial charge in [-0.3, -0.25) is 4.79 Å². The number of hydrogen-bond donors (Lipinski definition) is 1. The van der Waals surface area contributed by atoms with Gasteiger partial charge in [-0.15, -0.1) is 0 Å². The second kappa shape index (κ2) is 8.48. The van der Waals surface area contributed by atoms with E-state index in [4.69, 9.17) is 9.15 Å². The van der Waals surface area contributed by atoms with Gasteiger partial charge in [0.15, 0.2) is 9.84 Å². The molecule has 28 heavy (non-hydrogen) atoms. The van der Waals surface area contributed by atoms with E-state index in [1.54, 1.807) is 44.4 Å². The van der Waals surface area contributed by atoms with E-state index in [1.165, 1.54) is 0 Å². The molecule has 0 bridgehead atoms. The van der Waals surface area contributed by atoms with Gasteiger partial charge in [0.25, 0.3) is 5.91 Å². The molecule has 1 amide bonds. The highest BCUT2D eigenvalue weighted by Crippen LogP contribution is 2.28. The summed E-state index contributed by atoms with van der Waals surface area (Å²) in [5, 5.41) is 3.46. The Morgan fingerprint density at radius 2 is 1.89 bits per heavy atom. The van der Waals surface area contributed by atoms with E-state index in [9.17, 15) is 13.2 Å². The Kier molecular flexibility index (Phi) is 6.04. The maximum Gasteiger partial charge on any atom is 0.255 e. The predicted octanol–water partition coefficient (Wildman–Crippen LogP) is 3.48. The molecular weight excluding hydrogens is 378 g/mol. The molecule has 1 N–H and O–H groups in total. The van der Waals surface area contributed by atoms with Crippen LogP contribution in [0.15, 0.2) is 52.9 Å². The monoisotopic (exact) mass is 401 g/mol. The second-order valence-corrected chi connectivity index (χ2v) is 8.77. The summed E-state index contributed by atoms with van der Waals surface area (Å²) in [7, 11) is -1.67. The minimum atomic E-state index is -3.22. The summed E-state index contributed by atoms with van der Waals surface area (Å²) in [4.78, 5) is 12.6. The maximum atomic E-state index is 12.6. The molecule has 3 rings (SSSR count). The highest BCUT2D eigenvalue weighted by atomic mass is 32.2. The van der Waals surface area contributed by atoms with Crippen LogP contribution >= 0.6 is 0 Å². The number of nitrogens with one attached hydrogen (secondary N) is 1. The smallest absolute Gasteiger partial charge is 0.255 e. The maximum absolute atomic E-state index is 12.6. The molecule has 2 aromatic carbocycles. The molecule has 1 aromatic heterocycles. The zero-order valence-corrected chi connectivity index (χ0v) is 16.7. The first kappa shape index (κ1) is 19.9. The lowest BCUT2D eigenvalue weighted by Crippen LogP contribution is -2.26. The predicted molar refractivity (Wildman–Crippen MR) is 108 cm³/mol. The zero-order valence-electron chi connectivity index (χ0n) is 15.9. The van der Waals surface area contributed by atoms with Crippen molar-refractivity contribution in [1.29, 1.82) is 0 Å². The topological polar surface area (TPSA) is 85.6 Å². The summed E-state index contributed by atoms with van der Waals surface area (Å²) in [5.41, 5.74) is 1.82. The fourth-order valence-electron chi connectivity index (χ4n) is 3.09. The van der Waals surface area contributed by atoms with Gasteiger partial charge in [0.05, 0.1) is 24.2 Å². The van der Waals surface area contributed by atoms with Gasteiger partial charge in [0.2, 0.25) is 0 Å². The highest BCUT2D eigenvalue weighted by Gasteiger charge is 2.19. The van der Waals surface area contributed by atoms with E-state index in [0.29, 0.717) is 34.5 Å². The minimum Gasteiger partial charge on any atom is -0.497 e. The number of fused-ring (bicyclic) bond motifs is 1. The molecule has 0 fully saturated rings. The molecule has 0 spiro atoms. The fraction of sp³-hybridized carbons (Fsp3) is 0.286. The van der Waals surface area contributed by atoms with Crippen molar-refractivity contribution < 1.29 is 22.4 Å². The van der Waals surface area contributed by atoms with Crippen molar-refractivity contribution in [3.8, 4) is 5.75 Å². The number of methoxy groups -OCH3 is 1. The van der Waals surface area contributed by atoms with Crippen molar-refractivity contribution in [2.24, 2.45) is 0 Å². The Balaban J connectivity index is 1.59. The fourth-order valence-corrected chi connectivity index (χ4v) is 4.52. The number of furan rings is 1. The van der Waals surface area contributed by atoms with Crippen LogP contribution in [0.25, 0.3) is 11.0 Å². The lowest BCUT2D eigenvalue weighted by Gasteiger charge is -2.07. The Hall–Kier alpha value is -2.80. The molecule has 0 radical (unpaired) electrons. The van der Waals surface area contributed by atoms with Crippen molar-refractivity contribution in [3.05, 3.63) is 65.4 Å². The van der Waals surface area contributed by atoms with E-state index < -0.39 is 9.84 Å². The summed E-state index contributed by atoms with van der Waals surface area (Å²) < 4.78 is 35.3. The molecule has 7 heteroatoms. The van der Waals surface area contributed by atoms with Crippen LogP contribution in [0.5, 0.6) is 5.75 Å². The van der Waals surface area contributed by atoms with Gasteiger partial charge in [-0.1, -0.05) is 30.3 Å². The van der Waals surface area contributed by atoms with Crippen LogP contribution in [0, 0.1) is 6.92 Å². The van der Waals surface area contributed by atoms with Gasteiger partial charge >= 0.3 is 0 Å². The van der Waals surface area contributed by atoms with Crippen molar-refractivity contribution in [3.63, 3.8) is 0 Å². The van der Waals surface area contributed by atoms with Gasteiger partial charge in [0.1, 0.15) is 17.1 Å². The summed E-state index contributed by atoms with van der Waals surface area (Å²) in [6.07, 6.45) is 0.346. The third kappa shape index (κ3) is 4.72. The lowest BCUT2D eigenvalue weighted by atomic mass is 10.1. The van der Waals surface area contributed by atoms with Gasteiger partial charge in [-0.25, -0.2) is 8.42 Å². The van der Waals surface area contributed by atoms with E-state index in [-0.39, 0.29) is 24.0 Å². The largest absolute Gasteiger partial charge is 0.497 e. The number of sulfone groups is 1. The zero-order chi connectivity index (χ0) is 20.1. The van der Waals surface area contributed by atoms with Crippen LogP contribution < -0.4 is 10.1 Å². The van der Waals surface area contributed by atoms with Crippen LogP contribution in [-0.2, 0) is 15.6 Å². The molecular formula is C21H23NO5S. The van der Waals surface area contributed by atoms with Crippen LogP contribution in [0.2, 0.25) is 0 Å². The summed E-state index contributed by atoms with van der Waals surface area (Å²) in [6.45, 7) is 1.99. The third-order valence-corrected chi connectivity index (χ3v) is 6.13. The standard InChI is InChI=1S/C21H23NO5S/c1-15-20(18-13-17(26-2)9-10-19(18)27-15)21(23)22-11-6-12-28(24,25)14-16-7-4-3-5-8-16/h3-5,7-10,13H,6,11-12,14H2,1-2H3,(H,22,23). The summed E-state index contributed by atoms with van der Waals surface area (Å²) in [5.74, 6) is 0.880. The molecule has 0 aliphatic heterocycles. The summed E-state index contributed by atoms with van der Waals surface area (Å²) in [6, 6.07) is 14.3. The molecule has 0 saturated carbocycles. The molecule has 0 aliphatic carbocycles. The first-order chi connectivity index (χ1) is 13.4. The number of aryl methyl sites for hydroxylation is 1. The number of amides is 1. The quantitative estimate of drug-likeness (QED) is 0.584. The number of carbonyl (C=O) groups is 1. The second-order valence-electron chi connectivity index (χ2n) is 6.58. The van der Waals surface area contributed by atoms with E-state index in [0.717, 1.165) is 5.56 Å². The van der Waals surface area contributed by atoms with Crippen molar-refractivity contribution in [2.75, 3.05) is 19.4 Å². The Morgan fingerprint density at radius 3 is 2.61 bits per heavy atom. The van der Waals surface area contributed by atoms with Crippen LogP contribution in [0.1, 0.15) is 28.1 Å². The third-order valence-electron chi connectivity index (χ3n) is 4.45. The number of carbonyl (C=O) groups excluding carboxylic acids is 1. The number of benzene rings is 2. The average molecular weight is 401 g/mol. The van der Waals surface area contributed by atoms with Crippen molar-refractivity contribution in [1.82, 2.24) is 5.32 Å². The molecule has 0 atom stereocenters. The number of hydrogen-bond acceptors (Lipinski definition) is 5. The first-order valence-electron chi connectivity index (χ1n) is 8.99. The molecule has 6 nitrogen and oxygen atoms in total. The van der Waals surface area contributed by atoms with Gasteiger partial charge < -0.3 is 14.5 Å².